The fraction of sp³-hybridized carbons (Fsp3) is 0.789. The number of hydrogen-bond acceptors (Lipinski definition) is 5. The molecule has 0 spiro atoms. The average Bonchev–Trinajstić information content (AvgIpc) is 2.49. The molecule has 0 amide bonds. The number of esters is 1. The van der Waals surface area contributed by atoms with E-state index < -0.39 is 23.6 Å². The van der Waals surface area contributed by atoms with Crippen LogP contribution in [0.5, 0.6) is 0 Å². The van der Waals surface area contributed by atoms with Gasteiger partial charge in [0, 0.05) is 12.3 Å². The maximum Gasteiger partial charge on any atom is 0.308 e. The molecular formula is C19H32O5. The molecule has 4 atom stereocenters. The Bertz CT molecular complexity index is 455. The highest BCUT2D eigenvalue weighted by Gasteiger charge is 2.39. The highest BCUT2D eigenvalue weighted by atomic mass is 16.5. The van der Waals surface area contributed by atoms with Crippen molar-refractivity contribution in [1.29, 1.82) is 0 Å². The molecule has 0 saturated carbocycles. The molecule has 4 unspecified atom stereocenters. The number of aliphatic hydroxyl groups is 2. The van der Waals surface area contributed by atoms with Crippen molar-refractivity contribution in [3.05, 3.63) is 12.2 Å². The molecule has 1 heterocycles. The predicted octanol–water partition coefficient (Wildman–Crippen LogP) is 2.64. The van der Waals surface area contributed by atoms with Crippen LogP contribution in [-0.4, -0.2) is 40.8 Å². The second-order valence-corrected chi connectivity index (χ2v) is 7.65. The minimum Gasteiger partial charge on any atom is -0.465 e. The summed E-state index contributed by atoms with van der Waals surface area (Å²) in [6, 6.07) is 0. The average molecular weight is 340 g/mol. The summed E-state index contributed by atoms with van der Waals surface area (Å²) in [6.45, 7) is 7.45. The van der Waals surface area contributed by atoms with Crippen LogP contribution in [0.25, 0.3) is 0 Å². The van der Waals surface area contributed by atoms with Gasteiger partial charge in [-0.2, -0.15) is 0 Å². The fourth-order valence-electron chi connectivity index (χ4n) is 3.09. The standard InChI is InChI=1S/C19H32O5/c1-13-7-5-6-8-15(20)9-10-24-17(22)12-16(21)19(3,4)18(23)14(2)11-13/h5-6,13-16,20-21H,7-12H2,1-4H3/b6-5+. The molecule has 138 valence electrons. The van der Waals surface area contributed by atoms with Crippen LogP contribution in [0, 0.1) is 17.3 Å². The summed E-state index contributed by atoms with van der Waals surface area (Å²) in [5.74, 6) is -0.420. The van der Waals surface area contributed by atoms with Crippen LogP contribution in [0.15, 0.2) is 12.2 Å². The molecule has 0 aromatic carbocycles. The Morgan fingerprint density at radius 2 is 1.75 bits per heavy atom. The zero-order chi connectivity index (χ0) is 18.3. The van der Waals surface area contributed by atoms with Gasteiger partial charge in [0.15, 0.2) is 0 Å². The van der Waals surface area contributed by atoms with Crippen LogP contribution in [0.3, 0.4) is 0 Å². The van der Waals surface area contributed by atoms with E-state index in [2.05, 4.69) is 6.92 Å². The monoisotopic (exact) mass is 340 g/mol. The Morgan fingerprint density at radius 3 is 2.42 bits per heavy atom. The molecule has 0 aromatic rings. The van der Waals surface area contributed by atoms with Gasteiger partial charge in [-0.15, -0.1) is 0 Å². The van der Waals surface area contributed by atoms with Gasteiger partial charge in [0.25, 0.3) is 0 Å². The number of rotatable bonds is 0. The molecule has 0 saturated heterocycles. The predicted molar refractivity (Wildman–Crippen MR) is 92.3 cm³/mol. The molecule has 0 radical (unpaired) electrons. The lowest BCUT2D eigenvalue weighted by Gasteiger charge is -2.32. The van der Waals surface area contributed by atoms with Gasteiger partial charge in [-0.1, -0.05) is 39.8 Å². The van der Waals surface area contributed by atoms with Crippen LogP contribution in [0.4, 0.5) is 0 Å². The van der Waals surface area contributed by atoms with Crippen molar-refractivity contribution >= 4 is 11.8 Å². The minimum absolute atomic E-state index is 0.0267. The number of cyclic esters (lactones) is 1. The minimum atomic E-state index is -1.08. The first kappa shape index (κ1) is 20.8. The van der Waals surface area contributed by atoms with E-state index in [1.807, 2.05) is 19.1 Å². The summed E-state index contributed by atoms with van der Waals surface area (Å²) in [6.07, 6.45) is 4.60. The molecule has 1 aliphatic heterocycles. The van der Waals surface area contributed by atoms with Crippen LogP contribution in [-0.2, 0) is 14.3 Å². The van der Waals surface area contributed by atoms with Gasteiger partial charge in [0.1, 0.15) is 5.78 Å². The summed E-state index contributed by atoms with van der Waals surface area (Å²) in [5.41, 5.74) is -0.995. The molecule has 0 aromatic heterocycles. The number of ether oxygens (including phenoxy) is 1. The van der Waals surface area contributed by atoms with Crippen molar-refractivity contribution < 1.29 is 24.5 Å². The number of carbonyl (C=O) groups is 2. The van der Waals surface area contributed by atoms with Gasteiger partial charge in [0.05, 0.1) is 30.7 Å². The second-order valence-electron chi connectivity index (χ2n) is 7.65. The first-order chi connectivity index (χ1) is 11.1. The molecule has 24 heavy (non-hydrogen) atoms. The molecule has 1 aliphatic rings. The first-order valence-corrected chi connectivity index (χ1v) is 8.85. The molecule has 0 bridgehead atoms. The number of allylic oxidation sites excluding steroid dienone is 1. The van der Waals surface area contributed by atoms with Crippen molar-refractivity contribution in [1.82, 2.24) is 0 Å². The van der Waals surface area contributed by atoms with E-state index in [1.54, 1.807) is 13.8 Å². The van der Waals surface area contributed by atoms with Gasteiger partial charge in [-0.3, -0.25) is 9.59 Å². The molecule has 0 fully saturated rings. The third-order valence-electron chi connectivity index (χ3n) is 4.86. The number of aliphatic hydroxyl groups excluding tert-OH is 2. The second kappa shape index (κ2) is 9.33. The van der Waals surface area contributed by atoms with Gasteiger partial charge >= 0.3 is 5.97 Å². The van der Waals surface area contributed by atoms with Crippen LogP contribution >= 0.6 is 0 Å². The highest BCUT2D eigenvalue weighted by Crippen LogP contribution is 2.31. The topological polar surface area (TPSA) is 83.8 Å². The lowest BCUT2D eigenvalue weighted by Crippen LogP contribution is -2.42. The van der Waals surface area contributed by atoms with Crippen molar-refractivity contribution in [2.75, 3.05) is 6.61 Å². The molecule has 0 aliphatic carbocycles. The van der Waals surface area contributed by atoms with Gasteiger partial charge in [-0.05, 0) is 25.2 Å². The van der Waals surface area contributed by atoms with Crippen molar-refractivity contribution in [2.45, 2.75) is 72.0 Å². The maximum absolute atomic E-state index is 12.7. The van der Waals surface area contributed by atoms with Crippen molar-refractivity contribution in [2.24, 2.45) is 17.3 Å². The van der Waals surface area contributed by atoms with E-state index in [0.29, 0.717) is 18.8 Å². The Morgan fingerprint density at radius 1 is 1.12 bits per heavy atom. The summed E-state index contributed by atoms with van der Waals surface area (Å²) >= 11 is 0. The molecule has 5 heteroatoms. The zero-order valence-electron chi connectivity index (χ0n) is 15.3. The van der Waals surface area contributed by atoms with E-state index in [9.17, 15) is 19.8 Å². The lowest BCUT2D eigenvalue weighted by atomic mass is 9.74. The molecule has 5 nitrogen and oxygen atoms in total. The Hall–Kier alpha value is -1.20. The number of Topliss-reactive ketones (excluding diaryl/α,β-unsaturated/α-hetero) is 1. The smallest absolute Gasteiger partial charge is 0.308 e. The summed E-state index contributed by atoms with van der Waals surface area (Å²) in [5, 5.41) is 20.2. The first-order valence-electron chi connectivity index (χ1n) is 8.85. The molecule has 1 rings (SSSR count). The SMILES string of the molecule is CC1C/C=C/CC(O)CCOC(=O)CC(O)C(C)(C)C(=O)C(C)C1. The third-order valence-corrected chi connectivity index (χ3v) is 4.86. The molecular weight excluding hydrogens is 308 g/mol. The molecule has 2 N–H and O–H groups in total. The van der Waals surface area contributed by atoms with E-state index in [4.69, 9.17) is 4.74 Å². The Kier molecular flexibility index (Phi) is 8.10. The maximum atomic E-state index is 12.7. The van der Waals surface area contributed by atoms with E-state index in [-0.39, 0.29) is 24.7 Å². The van der Waals surface area contributed by atoms with Crippen LogP contribution in [0.2, 0.25) is 0 Å². The summed E-state index contributed by atoms with van der Waals surface area (Å²) in [4.78, 5) is 24.5. The van der Waals surface area contributed by atoms with Crippen LogP contribution < -0.4 is 0 Å². The quantitative estimate of drug-likeness (QED) is 0.523. The lowest BCUT2D eigenvalue weighted by molar-refractivity contribution is -0.150. The highest BCUT2D eigenvalue weighted by molar-refractivity contribution is 5.87. The van der Waals surface area contributed by atoms with Crippen molar-refractivity contribution in [3.63, 3.8) is 0 Å². The Labute approximate surface area is 145 Å². The van der Waals surface area contributed by atoms with E-state index in [1.165, 1.54) is 0 Å². The van der Waals surface area contributed by atoms with Gasteiger partial charge < -0.3 is 14.9 Å². The van der Waals surface area contributed by atoms with E-state index in [0.717, 1.165) is 12.8 Å². The number of carbonyl (C=O) groups excluding carboxylic acids is 2. The Balaban J connectivity index is 2.87. The van der Waals surface area contributed by atoms with Crippen LogP contribution in [0.1, 0.15) is 59.8 Å². The summed E-state index contributed by atoms with van der Waals surface area (Å²) in [7, 11) is 0. The van der Waals surface area contributed by atoms with Gasteiger partial charge in [0.2, 0.25) is 0 Å². The summed E-state index contributed by atoms with van der Waals surface area (Å²) < 4.78 is 5.06. The van der Waals surface area contributed by atoms with Gasteiger partial charge in [-0.25, -0.2) is 0 Å². The largest absolute Gasteiger partial charge is 0.465 e. The van der Waals surface area contributed by atoms with E-state index >= 15 is 0 Å². The normalized spacial score (nSPS) is 35.2. The fourth-order valence-corrected chi connectivity index (χ4v) is 3.09. The number of ketones is 1. The van der Waals surface area contributed by atoms with Crippen molar-refractivity contribution in [3.8, 4) is 0 Å². The number of hydrogen-bond donors (Lipinski definition) is 2. The zero-order valence-corrected chi connectivity index (χ0v) is 15.3. The third kappa shape index (κ3) is 6.36.